The van der Waals surface area contributed by atoms with Crippen molar-refractivity contribution in [3.05, 3.63) is 98.7 Å². The standard InChI is InChI=1S/C25H21F4N3O3/c1-14-20(33)10-11-31-21(14)24(34)30(15(2)25(27,28)29)13-32(31)22-17-7-4-3-6-16(17)12-35-23-18(22)8-5-9-19(23)26/h3-11,15,22H,12-13H2,1-2H3. The van der Waals surface area contributed by atoms with Crippen molar-refractivity contribution in [3.8, 4) is 5.75 Å². The maximum atomic E-state index is 14.8. The van der Waals surface area contributed by atoms with E-state index in [-0.39, 0.29) is 23.6 Å². The lowest BCUT2D eigenvalue weighted by molar-refractivity contribution is -0.173. The van der Waals surface area contributed by atoms with Crippen LogP contribution in [-0.2, 0) is 6.61 Å². The number of halogens is 4. The Labute approximate surface area is 197 Å². The highest BCUT2D eigenvalue weighted by atomic mass is 19.4. The number of fused-ring (bicyclic) bond motifs is 3. The summed E-state index contributed by atoms with van der Waals surface area (Å²) in [6.07, 6.45) is -3.33. The van der Waals surface area contributed by atoms with Crippen LogP contribution in [0.5, 0.6) is 5.75 Å². The van der Waals surface area contributed by atoms with E-state index in [0.29, 0.717) is 16.0 Å². The Morgan fingerprint density at radius 3 is 2.49 bits per heavy atom. The van der Waals surface area contributed by atoms with Gasteiger partial charge < -0.3 is 9.64 Å². The van der Waals surface area contributed by atoms with E-state index in [4.69, 9.17) is 4.74 Å². The predicted octanol–water partition coefficient (Wildman–Crippen LogP) is 4.28. The van der Waals surface area contributed by atoms with Crippen LogP contribution in [0, 0.1) is 12.7 Å². The molecule has 1 aromatic heterocycles. The molecular formula is C25H21F4N3O3. The average molecular weight is 487 g/mol. The van der Waals surface area contributed by atoms with E-state index < -0.39 is 42.1 Å². The van der Waals surface area contributed by atoms with Crippen molar-refractivity contribution in [2.45, 2.75) is 38.7 Å². The molecule has 6 nitrogen and oxygen atoms in total. The molecule has 35 heavy (non-hydrogen) atoms. The van der Waals surface area contributed by atoms with Crippen LogP contribution in [0.3, 0.4) is 0 Å². The number of carbonyl (C=O) groups is 1. The third kappa shape index (κ3) is 3.64. The van der Waals surface area contributed by atoms with Crippen LogP contribution < -0.4 is 15.2 Å². The third-order valence-electron chi connectivity index (χ3n) is 6.61. The Kier molecular flexibility index (Phi) is 5.34. The number of nitrogens with zero attached hydrogens (tertiary/aromatic N) is 3. The molecule has 0 bridgehead atoms. The van der Waals surface area contributed by atoms with Gasteiger partial charge in [0.2, 0.25) is 0 Å². The summed E-state index contributed by atoms with van der Waals surface area (Å²) in [5.41, 5.74) is 1.20. The van der Waals surface area contributed by atoms with E-state index in [9.17, 15) is 27.2 Å². The topological polar surface area (TPSA) is 54.8 Å². The summed E-state index contributed by atoms with van der Waals surface area (Å²) in [7, 11) is 0. The molecule has 2 unspecified atom stereocenters. The zero-order valence-corrected chi connectivity index (χ0v) is 18.8. The monoisotopic (exact) mass is 487 g/mol. The zero-order chi connectivity index (χ0) is 25.1. The number of hydrogen-bond acceptors (Lipinski definition) is 4. The number of ether oxygens (including phenoxy) is 1. The largest absolute Gasteiger partial charge is 0.485 e. The van der Waals surface area contributed by atoms with Gasteiger partial charge in [0.1, 0.15) is 31.1 Å². The second kappa shape index (κ2) is 8.14. The van der Waals surface area contributed by atoms with Gasteiger partial charge in [-0.3, -0.25) is 19.3 Å². The molecule has 2 atom stereocenters. The van der Waals surface area contributed by atoms with Gasteiger partial charge in [-0.2, -0.15) is 13.2 Å². The Balaban J connectivity index is 1.79. The smallest absolute Gasteiger partial charge is 0.408 e. The summed E-state index contributed by atoms with van der Waals surface area (Å²) in [4.78, 5) is 26.4. The molecule has 0 saturated heterocycles. The number of benzene rings is 2. The number of hydrogen-bond donors (Lipinski definition) is 0. The zero-order valence-electron chi connectivity index (χ0n) is 18.8. The number of carbonyl (C=O) groups excluding carboxylic acids is 1. The second-order valence-electron chi connectivity index (χ2n) is 8.62. The van der Waals surface area contributed by atoms with Crippen LogP contribution in [0.25, 0.3) is 0 Å². The van der Waals surface area contributed by atoms with E-state index in [2.05, 4.69) is 0 Å². The van der Waals surface area contributed by atoms with Gasteiger partial charge in [0.05, 0.1) is 0 Å². The molecule has 0 saturated carbocycles. The van der Waals surface area contributed by atoms with Gasteiger partial charge in [0, 0.05) is 23.4 Å². The molecule has 2 aliphatic heterocycles. The Hall–Kier alpha value is -3.82. The van der Waals surface area contributed by atoms with Gasteiger partial charge >= 0.3 is 6.18 Å². The maximum Gasteiger partial charge on any atom is 0.408 e. The molecule has 3 aromatic rings. The minimum absolute atomic E-state index is 0.0136. The number of para-hydroxylation sites is 1. The first-order valence-electron chi connectivity index (χ1n) is 11.0. The highest BCUT2D eigenvalue weighted by molar-refractivity contribution is 5.95. The maximum absolute atomic E-state index is 14.8. The summed E-state index contributed by atoms with van der Waals surface area (Å²) in [5.74, 6) is -1.52. The predicted molar refractivity (Wildman–Crippen MR) is 119 cm³/mol. The van der Waals surface area contributed by atoms with Gasteiger partial charge in [0.25, 0.3) is 5.91 Å². The van der Waals surface area contributed by atoms with Crippen molar-refractivity contribution in [3.63, 3.8) is 0 Å². The molecule has 3 heterocycles. The van der Waals surface area contributed by atoms with E-state index >= 15 is 0 Å². The van der Waals surface area contributed by atoms with Crippen LogP contribution in [-0.4, -0.2) is 34.4 Å². The quantitative estimate of drug-likeness (QED) is 0.507. The molecule has 2 aliphatic rings. The number of alkyl halides is 3. The van der Waals surface area contributed by atoms with Gasteiger partial charge in [-0.05, 0) is 31.0 Å². The van der Waals surface area contributed by atoms with Crippen molar-refractivity contribution in [2.24, 2.45) is 0 Å². The molecule has 0 radical (unpaired) electrons. The van der Waals surface area contributed by atoms with Crippen LogP contribution in [0.4, 0.5) is 17.6 Å². The van der Waals surface area contributed by atoms with Gasteiger partial charge in [0.15, 0.2) is 17.0 Å². The Morgan fingerprint density at radius 2 is 1.74 bits per heavy atom. The first kappa shape index (κ1) is 22.9. The van der Waals surface area contributed by atoms with E-state index in [1.165, 1.54) is 41.0 Å². The molecule has 0 N–H and O–H groups in total. The number of rotatable bonds is 2. The van der Waals surface area contributed by atoms with Crippen LogP contribution >= 0.6 is 0 Å². The average Bonchev–Trinajstić information content (AvgIpc) is 2.98. The number of amides is 1. The van der Waals surface area contributed by atoms with Gasteiger partial charge in [-0.15, -0.1) is 0 Å². The number of aromatic nitrogens is 1. The third-order valence-corrected chi connectivity index (χ3v) is 6.61. The lowest BCUT2D eigenvalue weighted by Gasteiger charge is -2.46. The SMILES string of the molecule is Cc1c2n(ccc1=O)N(C1c3ccccc3COc3c(F)cccc31)CN(C(C)C(F)(F)F)C2=O. The molecular weight excluding hydrogens is 466 g/mol. The molecule has 0 aliphatic carbocycles. The highest BCUT2D eigenvalue weighted by Crippen LogP contribution is 2.42. The van der Waals surface area contributed by atoms with Gasteiger partial charge in [-0.25, -0.2) is 4.39 Å². The van der Waals surface area contributed by atoms with Gasteiger partial charge in [-0.1, -0.05) is 36.4 Å². The lowest BCUT2D eigenvalue weighted by Crippen LogP contribution is -2.60. The molecule has 10 heteroatoms. The van der Waals surface area contributed by atoms with Crippen molar-refractivity contribution in [1.82, 2.24) is 9.58 Å². The number of pyridine rings is 1. The first-order chi connectivity index (χ1) is 16.6. The highest BCUT2D eigenvalue weighted by Gasteiger charge is 2.47. The Morgan fingerprint density at radius 1 is 1.03 bits per heavy atom. The van der Waals surface area contributed by atoms with E-state index in [1.54, 1.807) is 30.3 Å². The fourth-order valence-electron chi connectivity index (χ4n) is 4.67. The molecule has 5 rings (SSSR count). The lowest BCUT2D eigenvalue weighted by atomic mass is 9.94. The summed E-state index contributed by atoms with van der Waals surface area (Å²) in [6.45, 7) is 1.92. The molecule has 2 aromatic carbocycles. The fourth-order valence-corrected chi connectivity index (χ4v) is 4.67. The first-order valence-corrected chi connectivity index (χ1v) is 11.0. The van der Waals surface area contributed by atoms with Crippen molar-refractivity contribution >= 4 is 5.91 Å². The summed E-state index contributed by atoms with van der Waals surface area (Å²) >= 11 is 0. The minimum Gasteiger partial charge on any atom is -0.485 e. The van der Waals surface area contributed by atoms with Crippen molar-refractivity contribution < 1.29 is 27.1 Å². The second-order valence-corrected chi connectivity index (χ2v) is 8.62. The Bertz CT molecular complexity index is 1390. The molecule has 1 amide bonds. The minimum atomic E-state index is -4.69. The van der Waals surface area contributed by atoms with Crippen LogP contribution in [0.15, 0.2) is 59.5 Å². The van der Waals surface area contributed by atoms with Crippen LogP contribution in [0.1, 0.15) is 45.7 Å². The molecule has 182 valence electrons. The fraction of sp³-hybridized carbons (Fsp3) is 0.280. The normalized spacial score (nSPS) is 18.2. The summed E-state index contributed by atoms with van der Waals surface area (Å²) in [6, 6.07) is 9.89. The van der Waals surface area contributed by atoms with Crippen LogP contribution in [0.2, 0.25) is 0 Å². The van der Waals surface area contributed by atoms with Crippen molar-refractivity contribution in [1.29, 1.82) is 0 Å². The molecule has 0 spiro atoms. The summed E-state index contributed by atoms with van der Waals surface area (Å²) < 4.78 is 63.4. The summed E-state index contributed by atoms with van der Waals surface area (Å²) in [5, 5.41) is 1.54. The van der Waals surface area contributed by atoms with E-state index in [1.807, 2.05) is 0 Å². The van der Waals surface area contributed by atoms with E-state index in [0.717, 1.165) is 12.5 Å². The molecule has 0 fully saturated rings. The van der Waals surface area contributed by atoms with Crippen molar-refractivity contribution in [2.75, 3.05) is 11.7 Å².